The highest BCUT2D eigenvalue weighted by atomic mass is 35.5. The minimum absolute atomic E-state index is 0.130. The van der Waals surface area contributed by atoms with Gasteiger partial charge in [0.2, 0.25) is 0 Å². The molecule has 0 radical (unpaired) electrons. The van der Waals surface area contributed by atoms with Crippen molar-refractivity contribution in [1.82, 2.24) is 4.98 Å². The zero-order valence-electron chi connectivity index (χ0n) is 7.07. The number of hydrogen-bond donors (Lipinski definition) is 2. The van der Waals surface area contributed by atoms with E-state index >= 15 is 0 Å². The Hall–Kier alpha value is -0.800. The Morgan fingerprint density at radius 2 is 2.31 bits per heavy atom. The van der Waals surface area contributed by atoms with Crippen molar-refractivity contribution < 1.29 is 5.11 Å². The predicted octanol–water partition coefficient (Wildman–Crippen LogP) is 1.67. The zero-order chi connectivity index (χ0) is 9.26. The van der Waals surface area contributed by atoms with Crippen molar-refractivity contribution in [3.63, 3.8) is 0 Å². The van der Waals surface area contributed by atoms with Crippen LogP contribution in [0.5, 0.6) is 0 Å². The first-order valence-electron chi connectivity index (χ1n) is 4.30. The van der Waals surface area contributed by atoms with Crippen LogP contribution in [0.4, 0.5) is 5.69 Å². The Bertz CT molecular complexity index is 299. The normalized spacial score (nSPS) is 26.6. The Labute approximate surface area is 81.8 Å². The van der Waals surface area contributed by atoms with Crippen LogP contribution >= 0.6 is 11.6 Å². The molecule has 0 amide bonds. The van der Waals surface area contributed by atoms with E-state index in [0.29, 0.717) is 11.2 Å². The topological polar surface area (TPSA) is 45.1 Å². The van der Waals surface area contributed by atoms with Crippen molar-refractivity contribution in [3.05, 3.63) is 23.5 Å². The van der Waals surface area contributed by atoms with Gasteiger partial charge in [0, 0.05) is 17.9 Å². The fourth-order valence-corrected chi connectivity index (χ4v) is 1.61. The molecule has 0 unspecified atom stereocenters. The third-order valence-electron chi connectivity index (χ3n) is 2.21. The van der Waals surface area contributed by atoms with Gasteiger partial charge in [-0.05, 0) is 25.0 Å². The van der Waals surface area contributed by atoms with Gasteiger partial charge in [0.05, 0.1) is 6.10 Å². The van der Waals surface area contributed by atoms with Crippen molar-refractivity contribution in [2.24, 2.45) is 0 Å². The maximum atomic E-state index is 9.07. The van der Waals surface area contributed by atoms with E-state index in [-0.39, 0.29) is 6.10 Å². The molecular weight excluding hydrogens is 188 g/mol. The summed E-state index contributed by atoms with van der Waals surface area (Å²) in [6.07, 6.45) is 3.18. The molecular formula is C9H11ClN2O. The monoisotopic (exact) mass is 198 g/mol. The highest BCUT2D eigenvalue weighted by Crippen LogP contribution is 2.24. The summed E-state index contributed by atoms with van der Waals surface area (Å²) in [7, 11) is 0. The molecule has 2 rings (SSSR count). The molecule has 0 saturated heterocycles. The molecule has 1 fully saturated rings. The molecule has 4 heteroatoms. The lowest BCUT2D eigenvalue weighted by Crippen LogP contribution is -2.38. The van der Waals surface area contributed by atoms with Crippen LogP contribution in [0.2, 0.25) is 5.15 Å². The van der Waals surface area contributed by atoms with Gasteiger partial charge in [-0.1, -0.05) is 11.6 Å². The molecule has 1 saturated carbocycles. The number of aromatic nitrogens is 1. The number of pyridine rings is 1. The van der Waals surface area contributed by atoms with Crippen LogP contribution in [-0.4, -0.2) is 22.2 Å². The molecule has 0 atom stereocenters. The first-order chi connectivity index (χ1) is 6.24. The summed E-state index contributed by atoms with van der Waals surface area (Å²) in [4.78, 5) is 3.88. The Morgan fingerprint density at radius 3 is 2.92 bits per heavy atom. The molecule has 1 heterocycles. The summed E-state index contributed by atoms with van der Waals surface area (Å²) in [5.41, 5.74) is 0.969. The average molecular weight is 199 g/mol. The average Bonchev–Trinajstić information content (AvgIpc) is 2.01. The molecule has 1 aromatic rings. The molecule has 0 aliphatic heterocycles. The Balaban J connectivity index is 1.94. The van der Waals surface area contributed by atoms with Gasteiger partial charge in [-0.15, -0.1) is 0 Å². The van der Waals surface area contributed by atoms with Gasteiger partial charge in [0.15, 0.2) is 0 Å². The molecule has 2 N–H and O–H groups in total. The van der Waals surface area contributed by atoms with Gasteiger partial charge in [0.1, 0.15) is 5.15 Å². The Kier molecular flexibility index (Phi) is 2.38. The molecule has 3 nitrogen and oxygen atoms in total. The summed E-state index contributed by atoms with van der Waals surface area (Å²) >= 11 is 5.72. The van der Waals surface area contributed by atoms with Gasteiger partial charge >= 0.3 is 0 Å². The number of anilines is 1. The molecule has 70 valence electrons. The maximum Gasteiger partial charge on any atom is 0.131 e. The van der Waals surface area contributed by atoms with E-state index < -0.39 is 0 Å². The van der Waals surface area contributed by atoms with Crippen LogP contribution < -0.4 is 5.32 Å². The third kappa shape index (κ3) is 2.11. The maximum absolute atomic E-state index is 9.07. The van der Waals surface area contributed by atoms with Crippen LogP contribution in [-0.2, 0) is 0 Å². The first-order valence-corrected chi connectivity index (χ1v) is 4.68. The van der Waals surface area contributed by atoms with E-state index in [0.717, 1.165) is 18.5 Å². The highest BCUT2D eigenvalue weighted by Gasteiger charge is 2.26. The minimum atomic E-state index is -0.130. The van der Waals surface area contributed by atoms with Gasteiger partial charge in [-0.2, -0.15) is 0 Å². The van der Waals surface area contributed by atoms with E-state index in [4.69, 9.17) is 16.7 Å². The molecule has 13 heavy (non-hydrogen) atoms. The highest BCUT2D eigenvalue weighted by molar-refractivity contribution is 6.29. The van der Waals surface area contributed by atoms with E-state index in [1.807, 2.05) is 6.07 Å². The zero-order valence-corrected chi connectivity index (χ0v) is 7.83. The smallest absolute Gasteiger partial charge is 0.131 e. The van der Waals surface area contributed by atoms with Crippen LogP contribution in [0, 0.1) is 0 Å². The van der Waals surface area contributed by atoms with Crippen molar-refractivity contribution in [2.75, 3.05) is 5.32 Å². The van der Waals surface area contributed by atoms with E-state index in [1.165, 1.54) is 0 Å². The number of rotatable bonds is 2. The Morgan fingerprint density at radius 1 is 1.54 bits per heavy atom. The molecule has 1 aliphatic carbocycles. The largest absolute Gasteiger partial charge is 0.393 e. The van der Waals surface area contributed by atoms with Crippen LogP contribution in [0.15, 0.2) is 18.3 Å². The van der Waals surface area contributed by atoms with E-state index in [9.17, 15) is 0 Å². The second-order valence-corrected chi connectivity index (χ2v) is 3.72. The summed E-state index contributed by atoms with van der Waals surface area (Å²) in [5, 5.41) is 12.8. The van der Waals surface area contributed by atoms with Gasteiger partial charge in [-0.25, -0.2) is 4.98 Å². The number of nitrogens with one attached hydrogen (secondary N) is 1. The predicted molar refractivity (Wildman–Crippen MR) is 51.9 cm³/mol. The number of nitrogens with zero attached hydrogens (tertiary/aromatic N) is 1. The summed E-state index contributed by atoms with van der Waals surface area (Å²) < 4.78 is 0. The molecule has 0 bridgehead atoms. The van der Waals surface area contributed by atoms with Gasteiger partial charge in [0.25, 0.3) is 0 Å². The second-order valence-electron chi connectivity index (χ2n) is 3.33. The third-order valence-corrected chi connectivity index (χ3v) is 2.42. The van der Waals surface area contributed by atoms with E-state index in [2.05, 4.69) is 10.3 Å². The summed E-state index contributed by atoms with van der Waals surface area (Å²) in [6, 6.07) is 4.04. The fraction of sp³-hybridized carbons (Fsp3) is 0.444. The lowest BCUT2D eigenvalue weighted by Gasteiger charge is -2.32. The SMILES string of the molecule is OC1CC(Nc2ccnc(Cl)c2)C1. The van der Waals surface area contributed by atoms with Crippen LogP contribution in [0.3, 0.4) is 0 Å². The lowest BCUT2D eigenvalue weighted by atomic mass is 9.89. The number of aliphatic hydroxyl groups is 1. The second kappa shape index (κ2) is 3.52. The number of aliphatic hydroxyl groups excluding tert-OH is 1. The standard InChI is InChI=1S/C9H11ClN2O/c10-9-5-6(1-2-11-9)12-7-3-8(13)4-7/h1-2,5,7-8,13H,3-4H2,(H,11,12). The van der Waals surface area contributed by atoms with Crippen molar-refractivity contribution in [1.29, 1.82) is 0 Å². The van der Waals surface area contributed by atoms with Crippen molar-refractivity contribution >= 4 is 17.3 Å². The minimum Gasteiger partial charge on any atom is -0.393 e. The van der Waals surface area contributed by atoms with Crippen molar-refractivity contribution in [3.8, 4) is 0 Å². The lowest BCUT2D eigenvalue weighted by molar-refractivity contribution is 0.0836. The molecule has 0 spiro atoms. The molecule has 0 aromatic carbocycles. The summed E-state index contributed by atoms with van der Waals surface area (Å²) in [6.45, 7) is 0. The molecule has 1 aromatic heterocycles. The van der Waals surface area contributed by atoms with Gasteiger partial charge < -0.3 is 10.4 Å². The summed E-state index contributed by atoms with van der Waals surface area (Å²) in [5.74, 6) is 0. The van der Waals surface area contributed by atoms with E-state index in [1.54, 1.807) is 12.3 Å². The number of hydrogen-bond acceptors (Lipinski definition) is 3. The number of halogens is 1. The van der Waals surface area contributed by atoms with Crippen LogP contribution in [0.25, 0.3) is 0 Å². The quantitative estimate of drug-likeness (QED) is 0.711. The van der Waals surface area contributed by atoms with Crippen molar-refractivity contribution in [2.45, 2.75) is 25.0 Å². The van der Waals surface area contributed by atoms with Crippen LogP contribution in [0.1, 0.15) is 12.8 Å². The van der Waals surface area contributed by atoms with Gasteiger partial charge in [-0.3, -0.25) is 0 Å². The molecule has 1 aliphatic rings. The first kappa shape index (κ1) is 8.78. The fourth-order valence-electron chi connectivity index (χ4n) is 1.43.